The first kappa shape index (κ1) is 14.8. The molecule has 1 heterocycles. The van der Waals surface area contributed by atoms with Gasteiger partial charge in [0.1, 0.15) is 11.4 Å². The van der Waals surface area contributed by atoms with Crippen LogP contribution in [0.4, 0.5) is 0 Å². The smallest absolute Gasteiger partial charge is 0.255 e. The number of rotatable bonds is 2. The number of benzene rings is 1. The van der Waals surface area contributed by atoms with E-state index in [0.717, 1.165) is 30.6 Å². The van der Waals surface area contributed by atoms with E-state index in [-0.39, 0.29) is 11.2 Å². The van der Waals surface area contributed by atoms with E-state index in [1.165, 1.54) is 12.8 Å². The van der Waals surface area contributed by atoms with Crippen molar-refractivity contribution in [1.82, 2.24) is 4.98 Å². The van der Waals surface area contributed by atoms with Crippen molar-refractivity contribution < 1.29 is 4.74 Å². The highest BCUT2D eigenvalue weighted by Gasteiger charge is 2.56. The first-order valence-corrected chi connectivity index (χ1v) is 9.16. The van der Waals surface area contributed by atoms with E-state index >= 15 is 0 Å². The lowest BCUT2D eigenvalue weighted by atomic mass is 9.52. The third kappa shape index (κ3) is 2.12. The normalized spacial score (nSPS) is 37.1. The average molecular weight is 345 g/mol. The number of nitrogens with one attached hydrogen (secondary N) is 1. The zero-order chi connectivity index (χ0) is 16.5. The molecule has 4 bridgehead atoms. The molecule has 2 unspecified atom stereocenters. The second kappa shape index (κ2) is 4.99. The predicted octanol–water partition coefficient (Wildman–Crippen LogP) is 3.47. The van der Waals surface area contributed by atoms with Gasteiger partial charge in [-0.25, -0.2) is 0 Å². The number of hydrogen-bond donors (Lipinski definition) is 2. The van der Waals surface area contributed by atoms with Crippen LogP contribution >= 0.6 is 11.6 Å². The second-order valence-electron chi connectivity index (χ2n) is 8.01. The van der Waals surface area contributed by atoms with Gasteiger partial charge in [0, 0.05) is 17.6 Å². The molecule has 2 atom stereocenters. The van der Waals surface area contributed by atoms with Gasteiger partial charge in [-0.05, 0) is 73.4 Å². The van der Waals surface area contributed by atoms with Gasteiger partial charge in [0.15, 0.2) is 0 Å². The molecule has 1 aromatic heterocycles. The molecule has 1 aromatic carbocycles. The van der Waals surface area contributed by atoms with E-state index in [2.05, 4.69) is 4.98 Å². The summed E-state index contributed by atoms with van der Waals surface area (Å²) in [7, 11) is 0. The lowest BCUT2D eigenvalue weighted by Crippen LogP contribution is -2.61. The van der Waals surface area contributed by atoms with Crippen molar-refractivity contribution in [2.24, 2.45) is 23.5 Å². The Kier molecular flexibility index (Phi) is 3.08. The van der Waals surface area contributed by atoms with Crippen LogP contribution < -0.4 is 16.0 Å². The molecule has 0 aliphatic heterocycles. The molecule has 6 rings (SSSR count). The monoisotopic (exact) mass is 344 g/mol. The summed E-state index contributed by atoms with van der Waals surface area (Å²) in [5, 5.41) is 1.97. The van der Waals surface area contributed by atoms with E-state index in [4.69, 9.17) is 22.1 Å². The largest absolute Gasteiger partial charge is 0.486 e. The SMILES string of the molecule is NC1C2CC3CC1CC(Oc1cc4cc[nH]c(=O)c4cc1Cl)(C3)C2. The van der Waals surface area contributed by atoms with Gasteiger partial charge >= 0.3 is 0 Å². The summed E-state index contributed by atoms with van der Waals surface area (Å²) in [5.74, 6) is 2.60. The maximum atomic E-state index is 11.9. The van der Waals surface area contributed by atoms with Crippen LogP contribution in [-0.2, 0) is 0 Å². The van der Waals surface area contributed by atoms with Crippen LogP contribution in [0.5, 0.6) is 5.75 Å². The molecule has 4 nitrogen and oxygen atoms in total. The molecule has 0 amide bonds. The fourth-order valence-electron chi connectivity index (χ4n) is 5.61. The van der Waals surface area contributed by atoms with Crippen LogP contribution in [0.2, 0.25) is 5.02 Å². The number of fused-ring (bicyclic) bond motifs is 1. The highest BCUT2D eigenvalue weighted by atomic mass is 35.5. The highest BCUT2D eigenvalue weighted by Crippen LogP contribution is 2.57. The van der Waals surface area contributed by atoms with Crippen LogP contribution in [0.3, 0.4) is 0 Å². The quantitative estimate of drug-likeness (QED) is 0.876. The van der Waals surface area contributed by atoms with E-state index in [9.17, 15) is 4.79 Å². The van der Waals surface area contributed by atoms with Gasteiger partial charge in [-0.15, -0.1) is 0 Å². The van der Waals surface area contributed by atoms with E-state index in [1.54, 1.807) is 12.3 Å². The van der Waals surface area contributed by atoms with Crippen molar-refractivity contribution >= 4 is 22.4 Å². The van der Waals surface area contributed by atoms with Crippen LogP contribution in [0.1, 0.15) is 32.1 Å². The molecule has 0 spiro atoms. The minimum absolute atomic E-state index is 0.120. The zero-order valence-corrected chi connectivity index (χ0v) is 14.2. The molecule has 2 aromatic rings. The summed E-state index contributed by atoms with van der Waals surface area (Å²) < 4.78 is 6.54. The molecule has 0 saturated heterocycles. The van der Waals surface area contributed by atoms with Crippen LogP contribution in [-0.4, -0.2) is 16.6 Å². The Morgan fingerprint density at radius 3 is 2.71 bits per heavy atom. The van der Waals surface area contributed by atoms with Crippen LogP contribution in [0.25, 0.3) is 10.8 Å². The average Bonchev–Trinajstić information content (AvgIpc) is 2.53. The third-order valence-corrected chi connectivity index (χ3v) is 6.74. The Bertz CT molecular complexity index is 861. The van der Waals surface area contributed by atoms with Crippen molar-refractivity contribution in [1.29, 1.82) is 0 Å². The number of pyridine rings is 1. The van der Waals surface area contributed by atoms with Gasteiger partial charge in [0.2, 0.25) is 0 Å². The lowest BCUT2D eigenvalue weighted by molar-refractivity contribution is -0.117. The predicted molar refractivity (Wildman–Crippen MR) is 94.5 cm³/mol. The molecule has 4 saturated carbocycles. The van der Waals surface area contributed by atoms with Crippen molar-refractivity contribution in [2.75, 3.05) is 0 Å². The number of hydrogen-bond acceptors (Lipinski definition) is 3. The number of aromatic nitrogens is 1. The number of aromatic amines is 1. The minimum atomic E-state index is -0.123. The summed E-state index contributed by atoms with van der Waals surface area (Å²) in [6.07, 6.45) is 7.34. The van der Waals surface area contributed by atoms with Crippen LogP contribution in [0, 0.1) is 17.8 Å². The number of nitrogens with two attached hydrogens (primary N) is 1. The van der Waals surface area contributed by atoms with E-state index in [1.807, 2.05) is 12.1 Å². The number of H-pyrrole nitrogens is 1. The molecule has 3 N–H and O–H groups in total. The molecular weight excluding hydrogens is 324 g/mol. The summed E-state index contributed by atoms with van der Waals surface area (Å²) in [6, 6.07) is 5.85. The molecule has 4 aliphatic carbocycles. The summed E-state index contributed by atoms with van der Waals surface area (Å²) >= 11 is 6.44. The second-order valence-corrected chi connectivity index (χ2v) is 8.42. The number of halogens is 1. The zero-order valence-electron chi connectivity index (χ0n) is 13.4. The van der Waals surface area contributed by atoms with Gasteiger partial charge in [-0.2, -0.15) is 0 Å². The molecular formula is C19H21ClN2O2. The molecule has 126 valence electrons. The fraction of sp³-hybridized carbons (Fsp3) is 0.526. The maximum absolute atomic E-state index is 11.9. The highest BCUT2D eigenvalue weighted by molar-refractivity contribution is 6.32. The lowest BCUT2D eigenvalue weighted by Gasteiger charge is -2.58. The summed E-state index contributed by atoms with van der Waals surface area (Å²) in [5.41, 5.74) is 6.18. The first-order valence-electron chi connectivity index (χ1n) is 8.79. The standard InChI is InChI=1S/C19H21ClN2O2/c20-15-6-14-11(1-2-22-18(14)23)5-16(15)24-19-7-10-3-12(8-19)17(21)13(4-10)9-19/h1-2,5-6,10,12-13,17H,3-4,7-9,21H2,(H,22,23). The van der Waals surface area contributed by atoms with Gasteiger partial charge < -0.3 is 15.5 Å². The third-order valence-electron chi connectivity index (χ3n) is 6.44. The molecule has 4 fully saturated rings. The minimum Gasteiger partial charge on any atom is -0.486 e. The Labute approximate surface area is 145 Å². The van der Waals surface area contributed by atoms with Crippen molar-refractivity contribution in [3.05, 3.63) is 39.8 Å². The Morgan fingerprint density at radius 1 is 1.21 bits per heavy atom. The Morgan fingerprint density at radius 2 is 1.96 bits per heavy atom. The van der Waals surface area contributed by atoms with Crippen molar-refractivity contribution in [2.45, 2.75) is 43.7 Å². The van der Waals surface area contributed by atoms with Crippen molar-refractivity contribution in [3.8, 4) is 5.75 Å². The summed E-state index contributed by atoms with van der Waals surface area (Å²) in [6.45, 7) is 0. The first-order chi connectivity index (χ1) is 11.5. The molecule has 5 heteroatoms. The van der Waals surface area contributed by atoms with Crippen LogP contribution in [0.15, 0.2) is 29.2 Å². The molecule has 4 aliphatic rings. The van der Waals surface area contributed by atoms with E-state index < -0.39 is 0 Å². The van der Waals surface area contributed by atoms with Gasteiger partial charge in [-0.3, -0.25) is 4.79 Å². The maximum Gasteiger partial charge on any atom is 0.255 e. The molecule has 24 heavy (non-hydrogen) atoms. The molecule has 0 radical (unpaired) electrons. The van der Waals surface area contributed by atoms with Gasteiger partial charge in [0.05, 0.1) is 5.02 Å². The Hall–Kier alpha value is -1.52. The van der Waals surface area contributed by atoms with E-state index in [0.29, 0.717) is 34.0 Å². The van der Waals surface area contributed by atoms with Crippen molar-refractivity contribution in [3.63, 3.8) is 0 Å². The van der Waals surface area contributed by atoms with Gasteiger partial charge in [-0.1, -0.05) is 11.6 Å². The summed E-state index contributed by atoms with van der Waals surface area (Å²) in [4.78, 5) is 14.6. The fourth-order valence-corrected chi connectivity index (χ4v) is 5.82. The number of ether oxygens (including phenoxy) is 1. The van der Waals surface area contributed by atoms with Gasteiger partial charge in [0.25, 0.3) is 5.56 Å². The topological polar surface area (TPSA) is 68.1 Å². The Balaban J connectivity index is 1.53.